The number of benzene rings is 1. The molecule has 0 N–H and O–H groups in total. The topological polar surface area (TPSA) is 55.1 Å². The van der Waals surface area contributed by atoms with Crippen LogP contribution in [0.4, 0.5) is 0 Å². The molecule has 0 saturated heterocycles. The lowest BCUT2D eigenvalue weighted by molar-refractivity contribution is 0.294. The molecule has 1 heterocycles. The fraction of sp³-hybridized carbons (Fsp3) is 0.333. The van der Waals surface area contributed by atoms with Crippen LogP contribution >= 0.6 is 11.3 Å². The van der Waals surface area contributed by atoms with Gasteiger partial charge in [-0.1, -0.05) is 6.92 Å². The van der Waals surface area contributed by atoms with Gasteiger partial charge in [0.15, 0.2) is 11.5 Å². The number of nitrogens with zero attached hydrogens (tertiary/aromatic N) is 2. The van der Waals surface area contributed by atoms with Crippen LogP contribution in [0.3, 0.4) is 0 Å². The minimum atomic E-state index is 0.396. The standard InChI is InChI=1S/C15H16N2O2S/c1-3-8-19-14-9-11(4-5-13(14)18-2)15-17-10-12(20-15)6-7-16/h4-5,9-10H,3,6,8H2,1-2H3. The van der Waals surface area contributed by atoms with Gasteiger partial charge in [-0.05, 0) is 24.6 Å². The quantitative estimate of drug-likeness (QED) is 0.813. The molecule has 1 aromatic heterocycles. The Morgan fingerprint density at radius 2 is 2.20 bits per heavy atom. The summed E-state index contributed by atoms with van der Waals surface area (Å²) in [6.45, 7) is 2.71. The zero-order chi connectivity index (χ0) is 14.4. The number of aromatic nitrogens is 1. The minimum Gasteiger partial charge on any atom is -0.493 e. The number of hydrogen-bond acceptors (Lipinski definition) is 5. The van der Waals surface area contributed by atoms with Crippen molar-refractivity contribution in [1.29, 1.82) is 5.26 Å². The highest BCUT2D eigenvalue weighted by Crippen LogP contribution is 2.34. The van der Waals surface area contributed by atoms with E-state index < -0.39 is 0 Å². The molecule has 5 heteroatoms. The zero-order valence-corrected chi connectivity index (χ0v) is 12.4. The maximum absolute atomic E-state index is 8.70. The van der Waals surface area contributed by atoms with Crippen LogP contribution in [0, 0.1) is 11.3 Å². The summed E-state index contributed by atoms with van der Waals surface area (Å²) in [7, 11) is 1.63. The minimum absolute atomic E-state index is 0.396. The van der Waals surface area contributed by atoms with E-state index in [-0.39, 0.29) is 0 Å². The Labute approximate surface area is 122 Å². The number of methoxy groups -OCH3 is 1. The van der Waals surface area contributed by atoms with Crippen LogP contribution in [0.5, 0.6) is 11.5 Å². The van der Waals surface area contributed by atoms with Gasteiger partial charge in [-0.25, -0.2) is 4.98 Å². The van der Waals surface area contributed by atoms with E-state index in [1.165, 1.54) is 11.3 Å². The molecule has 0 amide bonds. The summed E-state index contributed by atoms with van der Waals surface area (Å²) in [6, 6.07) is 7.90. The highest BCUT2D eigenvalue weighted by Gasteiger charge is 2.10. The summed E-state index contributed by atoms with van der Waals surface area (Å²) in [5.74, 6) is 1.44. The van der Waals surface area contributed by atoms with Gasteiger partial charge in [-0.15, -0.1) is 11.3 Å². The zero-order valence-electron chi connectivity index (χ0n) is 11.5. The highest BCUT2D eigenvalue weighted by atomic mass is 32.1. The number of nitriles is 1. The van der Waals surface area contributed by atoms with Crippen LogP contribution in [-0.2, 0) is 6.42 Å². The van der Waals surface area contributed by atoms with E-state index in [4.69, 9.17) is 14.7 Å². The van der Waals surface area contributed by atoms with E-state index in [1.54, 1.807) is 13.3 Å². The lowest BCUT2D eigenvalue weighted by Crippen LogP contribution is -1.97. The Morgan fingerprint density at radius 3 is 2.90 bits per heavy atom. The monoisotopic (exact) mass is 288 g/mol. The average molecular weight is 288 g/mol. The van der Waals surface area contributed by atoms with Gasteiger partial charge in [0, 0.05) is 16.6 Å². The summed E-state index contributed by atoms with van der Waals surface area (Å²) < 4.78 is 11.0. The Hall–Kier alpha value is -2.06. The first-order valence-corrected chi connectivity index (χ1v) is 7.23. The fourth-order valence-corrected chi connectivity index (χ4v) is 2.58. The number of ether oxygens (including phenoxy) is 2. The van der Waals surface area contributed by atoms with Gasteiger partial charge in [-0.2, -0.15) is 5.26 Å². The number of thiazole rings is 1. The Bertz CT molecular complexity index is 617. The largest absolute Gasteiger partial charge is 0.493 e. The van der Waals surface area contributed by atoms with Crippen LogP contribution in [0.25, 0.3) is 10.6 Å². The normalized spacial score (nSPS) is 10.1. The third kappa shape index (κ3) is 3.28. The average Bonchev–Trinajstić information content (AvgIpc) is 2.94. The van der Waals surface area contributed by atoms with Crippen LogP contribution in [0.1, 0.15) is 18.2 Å². The van der Waals surface area contributed by atoms with Crippen molar-refractivity contribution in [3.63, 3.8) is 0 Å². The molecule has 2 rings (SSSR count). The van der Waals surface area contributed by atoms with Gasteiger partial charge in [0.1, 0.15) is 5.01 Å². The molecule has 0 radical (unpaired) electrons. The summed E-state index contributed by atoms with van der Waals surface area (Å²) >= 11 is 1.53. The Morgan fingerprint density at radius 1 is 1.35 bits per heavy atom. The summed E-state index contributed by atoms with van der Waals surface area (Å²) in [4.78, 5) is 5.32. The second-order valence-corrected chi connectivity index (χ2v) is 5.30. The highest BCUT2D eigenvalue weighted by molar-refractivity contribution is 7.15. The number of rotatable bonds is 6. The van der Waals surface area contributed by atoms with Crippen LogP contribution in [-0.4, -0.2) is 18.7 Å². The Kier molecular flexibility index (Phi) is 4.97. The first-order valence-electron chi connectivity index (χ1n) is 6.41. The van der Waals surface area contributed by atoms with E-state index >= 15 is 0 Å². The molecule has 0 unspecified atom stereocenters. The van der Waals surface area contributed by atoms with Gasteiger partial charge in [0.05, 0.1) is 26.2 Å². The predicted octanol–water partition coefficient (Wildman–Crippen LogP) is 3.67. The summed E-state index contributed by atoms with van der Waals surface area (Å²) in [5.41, 5.74) is 0.978. The second-order valence-electron chi connectivity index (χ2n) is 4.18. The molecule has 0 bridgehead atoms. The van der Waals surface area contributed by atoms with Crippen molar-refractivity contribution in [2.24, 2.45) is 0 Å². The smallest absolute Gasteiger partial charge is 0.161 e. The van der Waals surface area contributed by atoms with E-state index in [2.05, 4.69) is 18.0 Å². The summed E-state index contributed by atoms with van der Waals surface area (Å²) in [6.07, 6.45) is 3.09. The van der Waals surface area contributed by atoms with Crippen molar-refractivity contribution in [3.8, 4) is 28.1 Å². The molecular weight excluding hydrogens is 272 g/mol. The third-order valence-electron chi connectivity index (χ3n) is 2.68. The van der Waals surface area contributed by atoms with Gasteiger partial charge < -0.3 is 9.47 Å². The maximum Gasteiger partial charge on any atom is 0.161 e. The molecule has 20 heavy (non-hydrogen) atoms. The molecule has 0 spiro atoms. The fourth-order valence-electron chi connectivity index (χ4n) is 1.74. The Balaban J connectivity index is 2.29. The molecule has 4 nitrogen and oxygen atoms in total. The van der Waals surface area contributed by atoms with E-state index in [0.717, 1.165) is 33.4 Å². The van der Waals surface area contributed by atoms with Gasteiger partial charge in [0.25, 0.3) is 0 Å². The van der Waals surface area contributed by atoms with Crippen LogP contribution in [0.15, 0.2) is 24.4 Å². The molecule has 1 aromatic carbocycles. The molecule has 0 aliphatic rings. The van der Waals surface area contributed by atoms with Gasteiger partial charge >= 0.3 is 0 Å². The van der Waals surface area contributed by atoms with E-state index in [9.17, 15) is 0 Å². The van der Waals surface area contributed by atoms with Crippen molar-refractivity contribution in [1.82, 2.24) is 4.98 Å². The van der Waals surface area contributed by atoms with Crippen molar-refractivity contribution >= 4 is 11.3 Å². The van der Waals surface area contributed by atoms with E-state index in [1.807, 2.05) is 18.2 Å². The number of hydrogen-bond donors (Lipinski definition) is 0. The van der Waals surface area contributed by atoms with Crippen LogP contribution < -0.4 is 9.47 Å². The van der Waals surface area contributed by atoms with Crippen molar-refractivity contribution < 1.29 is 9.47 Å². The maximum atomic E-state index is 8.70. The van der Waals surface area contributed by atoms with Crippen molar-refractivity contribution in [2.45, 2.75) is 19.8 Å². The third-order valence-corrected chi connectivity index (χ3v) is 3.73. The molecule has 2 aromatic rings. The predicted molar refractivity (Wildman–Crippen MR) is 79.2 cm³/mol. The second kappa shape index (κ2) is 6.92. The first-order chi connectivity index (χ1) is 9.78. The molecule has 0 aliphatic heterocycles. The van der Waals surface area contributed by atoms with Gasteiger partial charge in [-0.3, -0.25) is 0 Å². The SMILES string of the molecule is CCCOc1cc(-c2ncc(CC#N)s2)ccc1OC. The van der Waals surface area contributed by atoms with E-state index in [0.29, 0.717) is 13.0 Å². The van der Waals surface area contributed by atoms with Crippen molar-refractivity contribution in [2.75, 3.05) is 13.7 Å². The lowest BCUT2D eigenvalue weighted by Gasteiger charge is -2.10. The summed E-state index contributed by atoms with van der Waals surface area (Å²) in [5, 5.41) is 9.59. The van der Waals surface area contributed by atoms with Crippen LogP contribution in [0.2, 0.25) is 0 Å². The van der Waals surface area contributed by atoms with Gasteiger partial charge in [0.2, 0.25) is 0 Å². The molecule has 0 fully saturated rings. The lowest BCUT2D eigenvalue weighted by atomic mass is 10.2. The molecule has 0 aliphatic carbocycles. The molecule has 0 atom stereocenters. The molecule has 104 valence electrons. The molecular formula is C15H16N2O2S. The van der Waals surface area contributed by atoms with Crippen molar-refractivity contribution in [3.05, 3.63) is 29.3 Å². The first kappa shape index (κ1) is 14.4. The molecule has 0 saturated carbocycles.